The highest BCUT2D eigenvalue weighted by Gasteiger charge is 2.32. The number of aryl methyl sites for hydroxylation is 1. The average Bonchev–Trinajstić information content (AvgIpc) is 2.73. The van der Waals surface area contributed by atoms with Gasteiger partial charge in [0.25, 0.3) is 11.5 Å². The van der Waals surface area contributed by atoms with E-state index in [2.05, 4.69) is 25.0 Å². The van der Waals surface area contributed by atoms with E-state index in [1.54, 1.807) is 12.1 Å². The summed E-state index contributed by atoms with van der Waals surface area (Å²) in [5, 5.41) is 2.53. The Balaban J connectivity index is 1.87. The van der Waals surface area contributed by atoms with E-state index in [0.29, 0.717) is 5.69 Å². The van der Waals surface area contributed by atoms with E-state index in [4.69, 9.17) is 4.74 Å². The second kappa shape index (κ2) is 9.77. The first-order valence-electron chi connectivity index (χ1n) is 9.45. The molecule has 3 rings (SSSR count). The number of carbonyl (C=O) groups is 1. The highest BCUT2D eigenvalue weighted by atomic mass is 19.4. The second-order valence-electron chi connectivity index (χ2n) is 6.92. The van der Waals surface area contributed by atoms with Crippen LogP contribution < -0.4 is 15.6 Å². The summed E-state index contributed by atoms with van der Waals surface area (Å²) in [7, 11) is 1.32. The monoisotopic (exact) mass is 466 g/mol. The van der Waals surface area contributed by atoms with E-state index in [1.165, 1.54) is 13.3 Å². The summed E-state index contributed by atoms with van der Waals surface area (Å²) in [5.41, 5.74) is 0.477. The fraction of sp³-hybridized carbons (Fsp3) is 0.238. The van der Waals surface area contributed by atoms with Gasteiger partial charge in [0.15, 0.2) is 17.4 Å². The van der Waals surface area contributed by atoms with Crippen LogP contribution in [0, 0.1) is 12.7 Å². The lowest BCUT2D eigenvalue weighted by Crippen LogP contribution is -2.33. The van der Waals surface area contributed by atoms with Crippen molar-refractivity contribution in [3.8, 4) is 17.3 Å². The van der Waals surface area contributed by atoms with E-state index in [9.17, 15) is 27.2 Å². The van der Waals surface area contributed by atoms with Gasteiger partial charge in [0.2, 0.25) is 0 Å². The molecular formula is C21H18F4N4O4. The summed E-state index contributed by atoms with van der Waals surface area (Å²) in [6.07, 6.45) is -3.54. The summed E-state index contributed by atoms with van der Waals surface area (Å²) in [5.74, 6) is -3.00. The molecule has 3 aromatic rings. The first-order chi connectivity index (χ1) is 15.6. The zero-order chi connectivity index (χ0) is 24.2. The molecule has 1 unspecified atom stereocenters. The van der Waals surface area contributed by atoms with Gasteiger partial charge in [0, 0.05) is 19.4 Å². The van der Waals surface area contributed by atoms with Gasteiger partial charge in [-0.3, -0.25) is 14.6 Å². The molecule has 1 atom stereocenters. The fourth-order valence-electron chi connectivity index (χ4n) is 2.92. The molecule has 2 heterocycles. The maximum absolute atomic E-state index is 14.1. The van der Waals surface area contributed by atoms with Crippen LogP contribution in [-0.2, 0) is 4.74 Å². The predicted molar refractivity (Wildman–Crippen MR) is 108 cm³/mol. The molecule has 33 heavy (non-hydrogen) atoms. The first kappa shape index (κ1) is 23.9. The van der Waals surface area contributed by atoms with Crippen molar-refractivity contribution in [2.24, 2.45) is 0 Å². The first-order valence-corrected chi connectivity index (χ1v) is 9.45. The SMILES string of the molecule is COCC(NC(=O)c1cc(=O)[nH]c(-c2cc(C)ccn2)n1)c1ccc(OC(F)(F)F)c(F)c1. The van der Waals surface area contributed by atoms with Crippen LogP contribution in [0.5, 0.6) is 5.75 Å². The predicted octanol–water partition coefficient (Wildman–Crippen LogP) is 3.30. The molecule has 1 amide bonds. The Labute approximate surface area is 184 Å². The maximum atomic E-state index is 14.1. The summed E-state index contributed by atoms with van der Waals surface area (Å²) < 4.78 is 59.9. The smallest absolute Gasteiger partial charge is 0.403 e. The van der Waals surface area contributed by atoms with Crippen LogP contribution in [0.15, 0.2) is 47.4 Å². The van der Waals surface area contributed by atoms with Crippen molar-refractivity contribution in [1.29, 1.82) is 0 Å². The molecule has 0 radical (unpaired) electrons. The number of benzene rings is 1. The Kier molecular flexibility index (Phi) is 7.07. The van der Waals surface area contributed by atoms with Crippen LogP contribution in [0.1, 0.15) is 27.7 Å². The number of aromatic amines is 1. The van der Waals surface area contributed by atoms with Gasteiger partial charge in [-0.2, -0.15) is 0 Å². The maximum Gasteiger partial charge on any atom is 0.573 e. The van der Waals surface area contributed by atoms with E-state index in [1.807, 2.05) is 6.92 Å². The zero-order valence-corrected chi connectivity index (χ0v) is 17.4. The average molecular weight is 466 g/mol. The Hall–Kier alpha value is -3.80. The Morgan fingerprint density at radius 3 is 2.61 bits per heavy atom. The quantitative estimate of drug-likeness (QED) is 0.518. The van der Waals surface area contributed by atoms with Crippen molar-refractivity contribution in [2.45, 2.75) is 19.3 Å². The molecule has 174 valence electrons. The third-order valence-electron chi connectivity index (χ3n) is 4.36. The van der Waals surface area contributed by atoms with Crippen molar-refractivity contribution >= 4 is 5.91 Å². The summed E-state index contributed by atoms with van der Waals surface area (Å²) in [4.78, 5) is 35.6. The van der Waals surface area contributed by atoms with Gasteiger partial charge in [-0.25, -0.2) is 9.37 Å². The molecule has 2 N–H and O–H groups in total. The number of nitrogens with zero attached hydrogens (tertiary/aromatic N) is 2. The number of aromatic nitrogens is 3. The van der Waals surface area contributed by atoms with E-state index >= 15 is 0 Å². The molecular weight excluding hydrogens is 448 g/mol. The molecule has 8 nitrogen and oxygen atoms in total. The molecule has 0 spiro atoms. The van der Waals surface area contributed by atoms with Gasteiger partial charge in [-0.15, -0.1) is 13.2 Å². The molecule has 0 saturated heterocycles. The summed E-state index contributed by atoms with van der Waals surface area (Å²) >= 11 is 0. The van der Waals surface area contributed by atoms with Crippen LogP contribution >= 0.6 is 0 Å². The fourth-order valence-corrected chi connectivity index (χ4v) is 2.92. The molecule has 0 aliphatic heterocycles. The van der Waals surface area contributed by atoms with Gasteiger partial charge in [-0.1, -0.05) is 6.07 Å². The standard InChI is InChI=1S/C21H18F4N4O4/c1-11-5-6-26-14(7-11)19-27-15(9-18(30)29-19)20(31)28-16(10-32-2)12-3-4-17(13(22)8-12)33-21(23,24)25/h3-9,16H,10H2,1-2H3,(H,28,31)(H,27,29,30). The number of pyridine rings is 1. The normalized spacial score (nSPS) is 12.3. The minimum atomic E-state index is -5.06. The third-order valence-corrected chi connectivity index (χ3v) is 4.36. The Morgan fingerprint density at radius 1 is 1.21 bits per heavy atom. The minimum absolute atomic E-state index is 0.0688. The molecule has 0 aliphatic carbocycles. The number of methoxy groups -OCH3 is 1. The van der Waals surface area contributed by atoms with Crippen molar-refractivity contribution in [2.75, 3.05) is 13.7 Å². The molecule has 0 bridgehead atoms. The number of ether oxygens (including phenoxy) is 2. The summed E-state index contributed by atoms with van der Waals surface area (Å²) in [6, 6.07) is 6.16. The summed E-state index contributed by atoms with van der Waals surface area (Å²) in [6.45, 7) is 1.68. The number of hydrogen-bond acceptors (Lipinski definition) is 6. The number of alkyl halides is 3. The van der Waals surface area contributed by atoms with Gasteiger partial charge in [0.1, 0.15) is 11.4 Å². The van der Waals surface area contributed by atoms with Gasteiger partial charge in [-0.05, 0) is 42.3 Å². The highest BCUT2D eigenvalue weighted by Crippen LogP contribution is 2.28. The van der Waals surface area contributed by atoms with Crippen molar-refractivity contribution in [3.05, 3.63) is 75.6 Å². The number of amides is 1. The van der Waals surface area contributed by atoms with Gasteiger partial charge >= 0.3 is 6.36 Å². The van der Waals surface area contributed by atoms with Crippen LogP contribution in [0.2, 0.25) is 0 Å². The van der Waals surface area contributed by atoms with Crippen molar-refractivity contribution in [3.63, 3.8) is 0 Å². The van der Waals surface area contributed by atoms with Crippen LogP contribution in [-0.4, -0.2) is 40.9 Å². The molecule has 12 heteroatoms. The number of nitrogens with one attached hydrogen (secondary N) is 2. The molecule has 0 fully saturated rings. The number of H-pyrrole nitrogens is 1. The van der Waals surface area contributed by atoms with E-state index in [-0.39, 0.29) is 23.7 Å². The lowest BCUT2D eigenvalue weighted by Gasteiger charge is -2.19. The Bertz CT molecular complexity index is 1210. The Morgan fingerprint density at radius 2 is 1.97 bits per heavy atom. The van der Waals surface area contributed by atoms with Crippen molar-refractivity contribution in [1.82, 2.24) is 20.3 Å². The number of rotatable bonds is 7. The van der Waals surface area contributed by atoms with Gasteiger partial charge in [0.05, 0.1) is 12.6 Å². The lowest BCUT2D eigenvalue weighted by molar-refractivity contribution is -0.275. The van der Waals surface area contributed by atoms with E-state index in [0.717, 1.165) is 29.8 Å². The lowest BCUT2D eigenvalue weighted by atomic mass is 10.1. The minimum Gasteiger partial charge on any atom is -0.403 e. The van der Waals surface area contributed by atoms with Crippen LogP contribution in [0.3, 0.4) is 0 Å². The topological polar surface area (TPSA) is 106 Å². The highest BCUT2D eigenvalue weighted by molar-refractivity contribution is 5.92. The third kappa shape index (κ3) is 6.35. The van der Waals surface area contributed by atoms with E-state index < -0.39 is 35.4 Å². The van der Waals surface area contributed by atoms with Crippen LogP contribution in [0.25, 0.3) is 11.5 Å². The largest absolute Gasteiger partial charge is 0.573 e. The van der Waals surface area contributed by atoms with Crippen LogP contribution in [0.4, 0.5) is 17.6 Å². The molecule has 0 saturated carbocycles. The number of halogens is 4. The molecule has 0 aliphatic rings. The molecule has 1 aromatic carbocycles. The zero-order valence-electron chi connectivity index (χ0n) is 17.4. The van der Waals surface area contributed by atoms with Crippen molar-refractivity contribution < 1.29 is 31.8 Å². The molecule has 2 aromatic heterocycles. The number of hydrogen-bond donors (Lipinski definition) is 2. The number of carbonyl (C=O) groups excluding carboxylic acids is 1. The van der Waals surface area contributed by atoms with Gasteiger partial charge < -0.3 is 19.8 Å². The second-order valence-corrected chi connectivity index (χ2v) is 6.92.